The van der Waals surface area contributed by atoms with Gasteiger partial charge in [-0.1, -0.05) is 15.9 Å². The topological polar surface area (TPSA) is 39.2 Å². The first kappa shape index (κ1) is 12.0. The third-order valence-electron chi connectivity index (χ3n) is 1.83. The maximum Gasteiger partial charge on any atom is 0.356 e. The van der Waals surface area contributed by atoms with Crippen LogP contribution in [-0.2, 0) is 4.74 Å². The van der Waals surface area contributed by atoms with Gasteiger partial charge in [-0.25, -0.2) is 18.6 Å². The molecule has 0 aromatic carbocycles. The smallest absolute Gasteiger partial charge is 0.356 e. The molecule has 0 N–H and O–H groups in total. The minimum atomic E-state index is -2.72. The lowest BCUT2D eigenvalue weighted by Gasteiger charge is -2.07. The van der Waals surface area contributed by atoms with E-state index in [1.807, 2.05) is 0 Å². The van der Waals surface area contributed by atoms with Crippen molar-refractivity contribution in [3.63, 3.8) is 0 Å². The summed E-state index contributed by atoms with van der Waals surface area (Å²) in [5, 5.41) is 0. The number of esters is 1. The van der Waals surface area contributed by atoms with Crippen LogP contribution in [-0.4, -0.2) is 18.1 Å². The van der Waals surface area contributed by atoms with Crippen LogP contribution in [0.25, 0.3) is 0 Å². The highest BCUT2D eigenvalue weighted by Gasteiger charge is 2.18. The molecule has 0 atom stereocenters. The molecule has 82 valence electrons. The van der Waals surface area contributed by atoms with Gasteiger partial charge in [0.2, 0.25) is 0 Å². The first-order valence-corrected chi connectivity index (χ1v) is 4.80. The van der Waals surface area contributed by atoms with Crippen molar-refractivity contribution in [2.75, 3.05) is 7.11 Å². The number of hydrogen-bond donors (Lipinski definition) is 0. The van der Waals surface area contributed by atoms with Crippen molar-refractivity contribution in [3.8, 4) is 0 Å². The Morgan fingerprint density at radius 2 is 2.20 bits per heavy atom. The average molecular weight is 280 g/mol. The number of carbonyl (C=O) groups is 1. The van der Waals surface area contributed by atoms with Crippen LogP contribution in [0.3, 0.4) is 0 Å². The Morgan fingerprint density at radius 1 is 1.60 bits per heavy atom. The summed E-state index contributed by atoms with van der Waals surface area (Å²) in [7, 11) is 1.17. The lowest BCUT2D eigenvalue weighted by atomic mass is 10.2. The van der Waals surface area contributed by atoms with Crippen molar-refractivity contribution >= 4 is 21.9 Å². The van der Waals surface area contributed by atoms with E-state index in [4.69, 9.17) is 0 Å². The van der Waals surface area contributed by atoms with E-state index in [1.165, 1.54) is 13.2 Å². The number of ether oxygens (including phenoxy) is 1. The van der Waals surface area contributed by atoms with Crippen LogP contribution >= 0.6 is 15.9 Å². The van der Waals surface area contributed by atoms with Crippen molar-refractivity contribution in [1.29, 1.82) is 0 Å². The normalized spacial score (nSPS) is 10.5. The van der Waals surface area contributed by atoms with Crippen molar-refractivity contribution in [2.45, 2.75) is 13.3 Å². The van der Waals surface area contributed by atoms with Crippen LogP contribution in [0.5, 0.6) is 0 Å². The SMILES string of the molecule is COC(=O)c1nc(C(F)F)cc(Br)c1C. The third-order valence-corrected chi connectivity index (χ3v) is 2.65. The fourth-order valence-corrected chi connectivity index (χ4v) is 1.43. The molecule has 0 unspecified atom stereocenters. The van der Waals surface area contributed by atoms with Gasteiger partial charge in [-0.15, -0.1) is 0 Å². The van der Waals surface area contributed by atoms with Gasteiger partial charge in [0.15, 0.2) is 5.69 Å². The zero-order valence-electron chi connectivity index (χ0n) is 8.05. The van der Waals surface area contributed by atoms with Gasteiger partial charge in [0.25, 0.3) is 6.43 Å². The number of aromatic nitrogens is 1. The van der Waals surface area contributed by atoms with E-state index in [9.17, 15) is 13.6 Å². The molecule has 0 spiro atoms. The second-order valence-electron chi connectivity index (χ2n) is 2.79. The molecule has 1 heterocycles. The predicted octanol–water partition coefficient (Wildman–Crippen LogP) is 2.88. The fourth-order valence-electron chi connectivity index (χ4n) is 1.00. The number of alkyl halides is 2. The fraction of sp³-hybridized carbons (Fsp3) is 0.333. The van der Waals surface area contributed by atoms with Crippen molar-refractivity contribution < 1.29 is 18.3 Å². The second-order valence-corrected chi connectivity index (χ2v) is 3.65. The molecule has 0 saturated heterocycles. The number of hydrogen-bond acceptors (Lipinski definition) is 3. The molecule has 0 aliphatic carbocycles. The number of halogens is 3. The molecule has 0 radical (unpaired) electrons. The molecular weight excluding hydrogens is 272 g/mol. The molecule has 15 heavy (non-hydrogen) atoms. The minimum Gasteiger partial charge on any atom is -0.464 e. The first-order valence-electron chi connectivity index (χ1n) is 4.01. The lowest BCUT2D eigenvalue weighted by Crippen LogP contribution is -2.09. The number of methoxy groups -OCH3 is 1. The van der Waals surface area contributed by atoms with E-state index in [-0.39, 0.29) is 5.69 Å². The van der Waals surface area contributed by atoms with Gasteiger partial charge in [0.05, 0.1) is 7.11 Å². The average Bonchev–Trinajstić information content (AvgIpc) is 2.20. The Morgan fingerprint density at radius 3 is 2.67 bits per heavy atom. The van der Waals surface area contributed by atoms with Gasteiger partial charge in [-0.3, -0.25) is 0 Å². The van der Waals surface area contributed by atoms with Gasteiger partial charge < -0.3 is 4.74 Å². The van der Waals surface area contributed by atoms with Crippen LogP contribution in [0.4, 0.5) is 8.78 Å². The summed E-state index contributed by atoms with van der Waals surface area (Å²) >= 11 is 3.08. The third kappa shape index (κ3) is 2.50. The van der Waals surface area contributed by atoms with E-state index in [2.05, 4.69) is 25.7 Å². The Kier molecular flexibility index (Phi) is 3.73. The number of rotatable bonds is 2. The summed E-state index contributed by atoms with van der Waals surface area (Å²) < 4.78 is 29.6. The highest BCUT2D eigenvalue weighted by atomic mass is 79.9. The standard InChI is InChI=1S/C9H8BrF2NO2/c1-4-5(10)3-6(8(11)12)13-7(4)9(14)15-2/h3,8H,1-2H3. The van der Waals surface area contributed by atoms with E-state index < -0.39 is 18.1 Å². The quantitative estimate of drug-likeness (QED) is 0.782. The summed E-state index contributed by atoms with van der Waals surface area (Å²) in [6, 6.07) is 1.19. The van der Waals surface area contributed by atoms with E-state index >= 15 is 0 Å². The van der Waals surface area contributed by atoms with E-state index in [0.717, 1.165) is 0 Å². The molecule has 1 aromatic heterocycles. The molecule has 0 amide bonds. The van der Waals surface area contributed by atoms with Crippen LogP contribution in [0.1, 0.15) is 28.2 Å². The van der Waals surface area contributed by atoms with Crippen LogP contribution in [0.15, 0.2) is 10.5 Å². The molecule has 0 aliphatic rings. The first-order chi connectivity index (χ1) is 6.97. The molecule has 1 aromatic rings. The summed E-state index contributed by atoms with van der Waals surface area (Å²) in [6.45, 7) is 1.60. The van der Waals surface area contributed by atoms with Gasteiger partial charge in [0, 0.05) is 4.47 Å². The van der Waals surface area contributed by atoms with Crippen LogP contribution in [0.2, 0.25) is 0 Å². The van der Waals surface area contributed by atoms with Crippen molar-refractivity contribution in [1.82, 2.24) is 4.98 Å². The lowest BCUT2D eigenvalue weighted by molar-refractivity contribution is 0.0591. The molecular formula is C9H8BrF2NO2. The number of pyridine rings is 1. The zero-order valence-corrected chi connectivity index (χ0v) is 9.64. The molecule has 6 heteroatoms. The molecule has 0 aliphatic heterocycles. The van der Waals surface area contributed by atoms with E-state index in [0.29, 0.717) is 10.0 Å². The maximum atomic E-state index is 12.4. The second kappa shape index (κ2) is 4.65. The summed E-state index contributed by atoms with van der Waals surface area (Å²) in [4.78, 5) is 14.8. The Labute approximate surface area is 93.6 Å². The Bertz CT molecular complexity index is 396. The number of nitrogens with zero attached hydrogens (tertiary/aromatic N) is 1. The Hall–Kier alpha value is -1.04. The molecule has 0 saturated carbocycles. The van der Waals surface area contributed by atoms with E-state index in [1.54, 1.807) is 6.92 Å². The van der Waals surface area contributed by atoms with Gasteiger partial charge in [-0.2, -0.15) is 0 Å². The van der Waals surface area contributed by atoms with Crippen LogP contribution < -0.4 is 0 Å². The minimum absolute atomic E-state index is 0.0952. The monoisotopic (exact) mass is 279 g/mol. The summed E-state index contributed by atoms with van der Waals surface area (Å²) in [5.41, 5.74) is -0.0682. The molecule has 0 bridgehead atoms. The van der Waals surface area contributed by atoms with Crippen molar-refractivity contribution in [3.05, 3.63) is 27.5 Å². The van der Waals surface area contributed by atoms with Crippen molar-refractivity contribution in [2.24, 2.45) is 0 Å². The molecule has 3 nitrogen and oxygen atoms in total. The van der Waals surface area contributed by atoms with Gasteiger partial charge in [0.1, 0.15) is 5.69 Å². The largest absolute Gasteiger partial charge is 0.464 e. The predicted molar refractivity (Wildman–Crippen MR) is 53.0 cm³/mol. The summed E-state index contributed by atoms with van der Waals surface area (Å²) in [6.07, 6.45) is -2.72. The highest BCUT2D eigenvalue weighted by molar-refractivity contribution is 9.10. The zero-order chi connectivity index (χ0) is 11.6. The van der Waals surface area contributed by atoms with Crippen LogP contribution in [0, 0.1) is 6.92 Å². The number of carbonyl (C=O) groups excluding carboxylic acids is 1. The Balaban J connectivity index is 3.31. The highest BCUT2D eigenvalue weighted by Crippen LogP contribution is 2.25. The molecule has 1 rings (SSSR count). The maximum absolute atomic E-state index is 12.4. The van der Waals surface area contributed by atoms with Gasteiger partial charge >= 0.3 is 5.97 Å². The molecule has 0 fully saturated rings. The summed E-state index contributed by atoms with van der Waals surface area (Å²) in [5.74, 6) is -0.726. The van der Waals surface area contributed by atoms with Gasteiger partial charge in [-0.05, 0) is 18.6 Å².